The fraction of sp³-hybridized carbons (Fsp3) is 0.250. The van der Waals surface area contributed by atoms with Crippen molar-refractivity contribution in [1.29, 1.82) is 0 Å². The van der Waals surface area contributed by atoms with E-state index in [2.05, 4.69) is 12.8 Å². The molecule has 0 aromatic heterocycles. The fourth-order valence-corrected chi connectivity index (χ4v) is 0.896. The number of aliphatic hydroxyl groups is 1. The zero-order valence-corrected chi connectivity index (χ0v) is 8.76. The second-order valence-corrected chi connectivity index (χ2v) is 2.38. The lowest BCUT2D eigenvalue weighted by Crippen LogP contribution is -1.96. The molecule has 82 valence electrons. The van der Waals surface area contributed by atoms with Crippen LogP contribution in [0.1, 0.15) is 12.0 Å². The Kier molecular flexibility index (Phi) is 12.8. The number of rotatable bonds is 3. The molecule has 0 unspecified atom stereocenters. The van der Waals surface area contributed by atoms with Crippen molar-refractivity contribution in [2.24, 2.45) is 0 Å². The molecule has 0 spiro atoms. The van der Waals surface area contributed by atoms with E-state index in [0.29, 0.717) is 6.42 Å². The van der Waals surface area contributed by atoms with Crippen LogP contribution in [-0.4, -0.2) is 23.3 Å². The van der Waals surface area contributed by atoms with Crippen molar-refractivity contribution in [3.63, 3.8) is 0 Å². The maximum Gasteiger partial charge on any atom is 0.303 e. The smallest absolute Gasteiger partial charge is 0.303 e. The summed E-state index contributed by atoms with van der Waals surface area (Å²) in [6.07, 6.45) is 8.83. The zero-order valence-electron chi connectivity index (χ0n) is 8.76. The highest BCUT2D eigenvalue weighted by Gasteiger charge is 1.96. The van der Waals surface area contributed by atoms with Crippen LogP contribution in [0.4, 0.5) is 0 Å². The van der Waals surface area contributed by atoms with E-state index in [-0.39, 0.29) is 6.42 Å². The third-order valence-corrected chi connectivity index (χ3v) is 1.47. The average Bonchev–Trinajstić information content (AvgIpc) is 2.33. The van der Waals surface area contributed by atoms with Gasteiger partial charge in [-0.25, -0.2) is 0 Å². The van der Waals surface area contributed by atoms with Crippen LogP contribution in [0.2, 0.25) is 0 Å². The Morgan fingerprint density at radius 3 is 2.07 bits per heavy atom. The summed E-state index contributed by atoms with van der Waals surface area (Å²) in [5.41, 5.74) is 1.08. The summed E-state index contributed by atoms with van der Waals surface area (Å²) >= 11 is 0. The Balaban J connectivity index is 0. The van der Waals surface area contributed by atoms with Crippen LogP contribution in [0.25, 0.3) is 0 Å². The molecule has 0 saturated heterocycles. The van der Waals surface area contributed by atoms with Crippen LogP contribution in [0.15, 0.2) is 30.3 Å². The topological polar surface area (TPSA) is 57.5 Å². The summed E-state index contributed by atoms with van der Waals surface area (Å²) in [6, 6.07) is 9.62. The maximum atomic E-state index is 10.2. The van der Waals surface area contributed by atoms with Gasteiger partial charge in [0.05, 0.1) is 0 Å². The molecule has 0 aliphatic heterocycles. The average molecular weight is 208 g/mol. The van der Waals surface area contributed by atoms with Gasteiger partial charge in [-0.15, -0.1) is 12.8 Å². The molecule has 1 aromatic rings. The minimum Gasteiger partial charge on any atom is -0.481 e. The number of carboxylic acids is 1. The van der Waals surface area contributed by atoms with Gasteiger partial charge in [-0.2, -0.15) is 0 Å². The molecule has 1 rings (SSSR count). The minimum absolute atomic E-state index is 0.212. The van der Waals surface area contributed by atoms with Crippen molar-refractivity contribution < 1.29 is 15.0 Å². The first kappa shape index (κ1) is 15.7. The Morgan fingerprint density at radius 1 is 1.20 bits per heavy atom. The SMILES string of the molecule is C#C.CO.O=C(O)CCc1ccccc1. The Labute approximate surface area is 90.4 Å². The highest BCUT2D eigenvalue weighted by atomic mass is 16.4. The van der Waals surface area contributed by atoms with Gasteiger partial charge < -0.3 is 10.2 Å². The normalized spacial score (nSPS) is 7.47. The highest BCUT2D eigenvalue weighted by Crippen LogP contribution is 2.01. The predicted molar refractivity (Wildman–Crippen MR) is 60.4 cm³/mol. The predicted octanol–water partition coefficient (Wildman–Crippen LogP) is 1.56. The molecular formula is C12H16O3. The maximum absolute atomic E-state index is 10.2. The molecule has 3 heteroatoms. The molecule has 0 atom stereocenters. The molecule has 15 heavy (non-hydrogen) atoms. The van der Waals surface area contributed by atoms with E-state index >= 15 is 0 Å². The Morgan fingerprint density at radius 2 is 1.67 bits per heavy atom. The molecule has 1 aromatic carbocycles. The van der Waals surface area contributed by atoms with Crippen molar-refractivity contribution >= 4 is 5.97 Å². The van der Waals surface area contributed by atoms with Crippen molar-refractivity contribution in [3.8, 4) is 12.8 Å². The first-order valence-corrected chi connectivity index (χ1v) is 4.33. The fourth-order valence-electron chi connectivity index (χ4n) is 0.896. The van der Waals surface area contributed by atoms with Gasteiger partial charge in [0.25, 0.3) is 0 Å². The summed E-state index contributed by atoms with van der Waals surface area (Å²) in [6.45, 7) is 0. The van der Waals surface area contributed by atoms with E-state index in [4.69, 9.17) is 10.2 Å². The summed E-state index contributed by atoms with van der Waals surface area (Å²) in [5, 5.41) is 15.4. The number of carbonyl (C=O) groups is 1. The van der Waals surface area contributed by atoms with E-state index in [9.17, 15) is 4.79 Å². The van der Waals surface area contributed by atoms with Crippen LogP contribution in [0, 0.1) is 12.8 Å². The van der Waals surface area contributed by atoms with E-state index < -0.39 is 5.97 Å². The van der Waals surface area contributed by atoms with Gasteiger partial charge in [0.2, 0.25) is 0 Å². The molecule has 0 radical (unpaired) electrons. The lowest BCUT2D eigenvalue weighted by atomic mass is 10.1. The van der Waals surface area contributed by atoms with Crippen molar-refractivity contribution in [2.75, 3.05) is 7.11 Å². The van der Waals surface area contributed by atoms with Gasteiger partial charge in [-0.05, 0) is 12.0 Å². The Bertz CT molecular complexity index is 265. The van der Waals surface area contributed by atoms with Crippen LogP contribution in [-0.2, 0) is 11.2 Å². The van der Waals surface area contributed by atoms with Gasteiger partial charge in [-0.3, -0.25) is 4.79 Å². The molecule has 0 amide bonds. The second-order valence-electron chi connectivity index (χ2n) is 2.38. The van der Waals surface area contributed by atoms with Gasteiger partial charge >= 0.3 is 5.97 Å². The third kappa shape index (κ3) is 10.1. The summed E-state index contributed by atoms with van der Waals surface area (Å²) < 4.78 is 0. The molecule has 0 saturated carbocycles. The van der Waals surface area contributed by atoms with Gasteiger partial charge in [0, 0.05) is 13.5 Å². The first-order chi connectivity index (χ1) is 7.29. The summed E-state index contributed by atoms with van der Waals surface area (Å²) in [4.78, 5) is 10.2. The van der Waals surface area contributed by atoms with Crippen LogP contribution in [0.3, 0.4) is 0 Å². The van der Waals surface area contributed by atoms with E-state index in [1.807, 2.05) is 30.3 Å². The third-order valence-electron chi connectivity index (χ3n) is 1.47. The standard InChI is InChI=1S/C9H10O2.C2H2.CH4O/c10-9(11)7-6-8-4-2-1-3-5-8;2*1-2/h1-5H,6-7H2,(H,10,11);1-2H;2H,1H3. The molecule has 3 nitrogen and oxygen atoms in total. The molecule has 0 aliphatic rings. The van der Waals surface area contributed by atoms with E-state index in [0.717, 1.165) is 12.7 Å². The van der Waals surface area contributed by atoms with Gasteiger partial charge in [-0.1, -0.05) is 30.3 Å². The largest absolute Gasteiger partial charge is 0.481 e. The quantitative estimate of drug-likeness (QED) is 0.741. The number of aliphatic hydroxyl groups excluding tert-OH is 1. The van der Waals surface area contributed by atoms with Crippen LogP contribution < -0.4 is 0 Å². The van der Waals surface area contributed by atoms with Crippen molar-refractivity contribution in [1.82, 2.24) is 0 Å². The highest BCUT2D eigenvalue weighted by molar-refractivity contribution is 5.67. The second kappa shape index (κ2) is 12.2. The Hall–Kier alpha value is -1.79. The molecular weight excluding hydrogens is 192 g/mol. The zero-order chi connectivity index (χ0) is 12.1. The number of benzene rings is 1. The first-order valence-electron chi connectivity index (χ1n) is 4.33. The van der Waals surface area contributed by atoms with Crippen molar-refractivity contribution in [2.45, 2.75) is 12.8 Å². The lowest BCUT2D eigenvalue weighted by Gasteiger charge is -1.95. The molecule has 0 aliphatic carbocycles. The number of carboxylic acid groups (broad SMARTS) is 1. The number of terminal acetylenes is 1. The van der Waals surface area contributed by atoms with E-state index in [1.54, 1.807) is 0 Å². The number of aliphatic carboxylic acids is 1. The number of hydrogen-bond donors (Lipinski definition) is 2. The minimum atomic E-state index is -0.742. The number of aryl methyl sites for hydroxylation is 1. The number of hydrogen-bond acceptors (Lipinski definition) is 2. The van der Waals surface area contributed by atoms with Crippen LogP contribution in [0.5, 0.6) is 0 Å². The van der Waals surface area contributed by atoms with Crippen molar-refractivity contribution in [3.05, 3.63) is 35.9 Å². The monoisotopic (exact) mass is 208 g/mol. The molecule has 0 bridgehead atoms. The molecule has 0 fully saturated rings. The van der Waals surface area contributed by atoms with Crippen LogP contribution >= 0.6 is 0 Å². The van der Waals surface area contributed by atoms with E-state index in [1.165, 1.54) is 0 Å². The van der Waals surface area contributed by atoms with Gasteiger partial charge in [0.15, 0.2) is 0 Å². The molecule has 0 heterocycles. The summed E-state index contributed by atoms with van der Waals surface area (Å²) in [7, 11) is 1.00. The summed E-state index contributed by atoms with van der Waals surface area (Å²) in [5.74, 6) is -0.742. The molecule has 2 N–H and O–H groups in total. The lowest BCUT2D eigenvalue weighted by molar-refractivity contribution is -0.136. The van der Waals surface area contributed by atoms with Gasteiger partial charge in [0.1, 0.15) is 0 Å².